The molecule has 8 nitrogen and oxygen atoms in total. The van der Waals surface area contributed by atoms with Gasteiger partial charge in [-0.2, -0.15) is 20.1 Å². The lowest BCUT2D eigenvalue weighted by Crippen LogP contribution is -2.31. The van der Waals surface area contributed by atoms with Crippen molar-refractivity contribution in [2.45, 2.75) is 19.3 Å². The highest BCUT2D eigenvalue weighted by atomic mass is 35.5. The average molecular weight is 474 g/mol. The lowest BCUT2D eigenvalue weighted by Gasteiger charge is -2.26. The maximum Gasteiger partial charge on any atom is 0.250 e. The standard InChI is InChI=1S/C25H24ClN7O/c26-19-11-9-18(10-12-19)22-14-13-21(34-22)17-27-32-24-29-23(28-20-7-3-1-4-8-20)30-25(31-24)33-15-5-2-6-16-33/h1,3-4,7-14,17H,2,5-6,15-16H2,(H2,28,29,30,31,32)/b27-17-. The molecule has 1 aliphatic heterocycles. The molecule has 9 heteroatoms. The molecule has 0 bridgehead atoms. The fourth-order valence-electron chi connectivity index (χ4n) is 3.70. The van der Waals surface area contributed by atoms with Crippen molar-refractivity contribution in [3.63, 3.8) is 0 Å². The van der Waals surface area contributed by atoms with Crippen molar-refractivity contribution in [2.24, 2.45) is 5.10 Å². The fraction of sp³-hybridized carbons (Fsp3) is 0.200. The van der Waals surface area contributed by atoms with Gasteiger partial charge in [0.25, 0.3) is 0 Å². The van der Waals surface area contributed by atoms with Crippen molar-refractivity contribution in [2.75, 3.05) is 28.7 Å². The first kappa shape index (κ1) is 21.9. The van der Waals surface area contributed by atoms with Crippen molar-refractivity contribution in [1.29, 1.82) is 0 Å². The van der Waals surface area contributed by atoms with Gasteiger partial charge in [-0.05, 0) is 67.8 Å². The van der Waals surface area contributed by atoms with E-state index in [2.05, 4.69) is 35.7 Å². The predicted molar refractivity (Wildman–Crippen MR) is 136 cm³/mol. The number of nitrogens with one attached hydrogen (secondary N) is 2. The van der Waals surface area contributed by atoms with Crippen LogP contribution in [0.4, 0.5) is 23.5 Å². The summed E-state index contributed by atoms with van der Waals surface area (Å²) in [7, 11) is 0. The average Bonchev–Trinajstić information content (AvgIpc) is 3.34. The summed E-state index contributed by atoms with van der Waals surface area (Å²) in [6.07, 6.45) is 5.08. The van der Waals surface area contributed by atoms with Gasteiger partial charge in [-0.15, -0.1) is 0 Å². The molecule has 2 aromatic carbocycles. The van der Waals surface area contributed by atoms with Crippen LogP contribution in [-0.2, 0) is 0 Å². The first-order valence-electron chi connectivity index (χ1n) is 11.2. The molecule has 0 amide bonds. The number of piperidine rings is 1. The zero-order valence-electron chi connectivity index (χ0n) is 18.5. The lowest BCUT2D eigenvalue weighted by molar-refractivity contribution is 0.568. The van der Waals surface area contributed by atoms with E-state index < -0.39 is 0 Å². The quantitative estimate of drug-likeness (QED) is 0.252. The Kier molecular flexibility index (Phi) is 6.67. The first-order valence-corrected chi connectivity index (χ1v) is 11.6. The van der Waals surface area contributed by atoms with Crippen LogP contribution in [0.2, 0.25) is 5.02 Å². The lowest BCUT2D eigenvalue weighted by atomic mass is 10.1. The van der Waals surface area contributed by atoms with Crippen molar-refractivity contribution < 1.29 is 4.42 Å². The summed E-state index contributed by atoms with van der Waals surface area (Å²) < 4.78 is 5.86. The zero-order chi connectivity index (χ0) is 23.2. The molecule has 2 N–H and O–H groups in total. The highest BCUT2D eigenvalue weighted by Gasteiger charge is 2.16. The molecule has 0 spiro atoms. The maximum atomic E-state index is 5.96. The normalized spacial score (nSPS) is 13.9. The number of nitrogens with zero attached hydrogens (tertiary/aromatic N) is 5. The van der Waals surface area contributed by atoms with Crippen molar-refractivity contribution in [1.82, 2.24) is 15.0 Å². The molecule has 172 valence electrons. The fourth-order valence-corrected chi connectivity index (χ4v) is 3.83. The Morgan fingerprint density at radius 3 is 2.41 bits per heavy atom. The number of benzene rings is 2. The number of halogens is 1. The van der Waals surface area contributed by atoms with Crippen LogP contribution in [0.25, 0.3) is 11.3 Å². The van der Waals surface area contributed by atoms with Crippen molar-refractivity contribution in [3.8, 4) is 11.3 Å². The summed E-state index contributed by atoms with van der Waals surface area (Å²) in [6, 6.07) is 21.0. The van der Waals surface area contributed by atoms with Gasteiger partial charge in [-0.3, -0.25) is 0 Å². The van der Waals surface area contributed by atoms with E-state index in [1.807, 2.05) is 66.7 Å². The third kappa shape index (κ3) is 5.52. The Morgan fingerprint density at radius 1 is 0.853 bits per heavy atom. The van der Waals surface area contributed by atoms with Crippen LogP contribution >= 0.6 is 11.6 Å². The van der Waals surface area contributed by atoms with Gasteiger partial charge in [0.2, 0.25) is 17.8 Å². The minimum atomic E-state index is 0.356. The topological polar surface area (TPSA) is 91.5 Å². The number of hydrazone groups is 1. The largest absolute Gasteiger partial charge is 0.455 e. The van der Waals surface area contributed by atoms with Crippen LogP contribution in [0, 0.1) is 0 Å². The zero-order valence-corrected chi connectivity index (χ0v) is 19.2. The van der Waals surface area contributed by atoms with Gasteiger partial charge in [0.1, 0.15) is 11.5 Å². The molecule has 2 aromatic heterocycles. The molecule has 3 heterocycles. The molecule has 0 saturated carbocycles. The second-order valence-electron chi connectivity index (χ2n) is 7.90. The van der Waals surface area contributed by atoms with Gasteiger partial charge >= 0.3 is 0 Å². The summed E-state index contributed by atoms with van der Waals surface area (Å²) in [4.78, 5) is 15.9. The predicted octanol–water partition coefficient (Wildman–Crippen LogP) is 5.96. The third-order valence-corrected chi connectivity index (χ3v) is 5.66. The van der Waals surface area contributed by atoms with Crippen LogP contribution in [0.15, 0.2) is 76.2 Å². The van der Waals surface area contributed by atoms with Gasteiger partial charge in [0.15, 0.2) is 0 Å². The molecule has 5 rings (SSSR count). The molecular weight excluding hydrogens is 450 g/mol. The number of para-hydroxylation sites is 1. The number of rotatable bonds is 7. The summed E-state index contributed by atoms with van der Waals surface area (Å²) in [5.74, 6) is 2.79. The van der Waals surface area contributed by atoms with E-state index in [-0.39, 0.29) is 0 Å². The Morgan fingerprint density at radius 2 is 1.62 bits per heavy atom. The molecule has 1 saturated heterocycles. The van der Waals surface area contributed by atoms with E-state index in [9.17, 15) is 0 Å². The van der Waals surface area contributed by atoms with Gasteiger partial charge in [0.05, 0.1) is 6.21 Å². The summed E-state index contributed by atoms with van der Waals surface area (Å²) in [6.45, 7) is 1.86. The number of aromatic nitrogens is 3. The number of anilines is 4. The summed E-state index contributed by atoms with van der Waals surface area (Å²) in [5, 5.41) is 8.21. The molecule has 0 atom stereocenters. The van der Waals surface area contributed by atoms with Gasteiger partial charge in [0, 0.05) is 29.4 Å². The summed E-state index contributed by atoms with van der Waals surface area (Å²) in [5.41, 5.74) is 4.76. The second kappa shape index (κ2) is 10.4. The highest BCUT2D eigenvalue weighted by molar-refractivity contribution is 6.30. The minimum Gasteiger partial charge on any atom is -0.455 e. The third-order valence-electron chi connectivity index (χ3n) is 5.40. The van der Waals surface area contributed by atoms with Crippen LogP contribution < -0.4 is 15.6 Å². The SMILES string of the molecule is Clc1ccc(-c2ccc(/C=N\Nc3nc(Nc4ccccc4)nc(N4CCCCC4)n3)o2)cc1. The van der Waals surface area contributed by atoms with Gasteiger partial charge in [-0.25, -0.2) is 5.43 Å². The molecule has 1 aliphatic rings. The highest BCUT2D eigenvalue weighted by Crippen LogP contribution is 2.24. The molecular formula is C25H24ClN7O. The van der Waals surface area contributed by atoms with E-state index in [0.29, 0.717) is 28.6 Å². The molecule has 4 aromatic rings. The molecule has 34 heavy (non-hydrogen) atoms. The summed E-state index contributed by atoms with van der Waals surface area (Å²) >= 11 is 5.96. The van der Waals surface area contributed by atoms with Crippen molar-refractivity contribution in [3.05, 3.63) is 77.5 Å². The monoisotopic (exact) mass is 473 g/mol. The minimum absolute atomic E-state index is 0.356. The smallest absolute Gasteiger partial charge is 0.250 e. The first-order chi connectivity index (χ1) is 16.7. The Bertz CT molecular complexity index is 1250. The molecule has 0 unspecified atom stereocenters. The maximum absolute atomic E-state index is 5.96. The van der Waals surface area contributed by atoms with Crippen LogP contribution in [0.5, 0.6) is 0 Å². The van der Waals surface area contributed by atoms with Gasteiger partial charge < -0.3 is 14.6 Å². The van der Waals surface area contributed by atoms with E-state index in [1.54, 1.807) is 6.21 Å². The second-order valence-corrected chi connectivity index (χ2v) is 8.34. The Labute approximate surface area is 202 Å². The van der Waals surface area contributed by atoms with Crippen LogP contribution in [-0.4, -0.2) is 34.3 Å². The van der Waals surface area contributed by atoms with Crippen LogP contribution in [0.1, 0.15) is 25.0 Å². The number of hydrogen-bond donors (Lipinski definition) is 2. The van der Waals surface area contributed by atoms with Crippen molar-refractivity contribution >= 4 is 41.3 Å². The van der Waals surface area contributed by atoms with E-state index >= 15 is 0 Å². The number of hydrogen-bond acceptors (Lipinski definition) is 8. The molecule has 0 radical (unpaired) electrons. The molecule has 0 aliphatic carbocycles. The van der Waals surface area contributed by atoms with E-state index in [4.69, 9.17) is 16.0 Å². The Balaban J connectivity index is 1.33. The van der Waals surface area contributed by atoms with Gasteiger partial charge in [-0.1, -0.05) is 29.8 Å². The van der Waals surface area contributed by atoms with E-state index in [0.717, 1.165) is 42.9 Å². The number of furan rings is 1. The Hall–Kier alpha value is -3.91. The van der Waals surface area contributed by atoms with E-state index in [1.165, 1.54) is 6.42 Å². The molecule has 1 fully saturated rings. The van der Waals surface area contributed by atoms with Crippen LogP contribution in [0.3, 0.4) is 0 Å².